The van der Waals surface area contributed by atoms with Crippen molar-refractivity contribution in [3.8, 4) is 0 Å². The van der Waals surface area contributed by atoms with Crippen LogP contribution in [0.25, 0.3) is 0 Å². The summed E-state index contributed by atoms with van der Waals surface area (Å²) in [5, 5.41) is 9.73. The highest BCUT2D eigenvalue weighted by Crippen LogP contribution is 2.04. The van der Waals surface area contributed by atoms with E-state index in [1.165, 1.54) is 0 Å². The zero-order chi connectivity index (χ0) is 12.3. The van der Waals surface area contributed by atoms with Crippen molar-refractivity contribution in [2.45, 2.75) is 25.7 Å². The maximum atomic E-state index is 10.9. The summed E-state index contributed by atoms with van der Waals surface area (Å²) in [6.07, 6.45) is 2.47. The second kappa shape index (κ2) is 4.86. The van der Waals surface area contributed by atoms with E-state index in [1.807, 2.05) is 12.1 Å². The van der Waals surface area contributed by atoms with Gasteiger partial charge >= 0.3 is 12.0 Å². The van der Waals surface area contributed by atoms with Gasteiger partial charge in [-0.1, -0.05) is 6.07 Å². The molecule has 1 N–H and O–H groups in total. The summed E-state index contributed by atoms with van der Waals surface area (Å²) in [6.45, 7) is 0. The summed E-state index contributed by atoms with van der Waals surface area (Å²) in [5.41, 5.74) is 1.06. The number of urea groups is 1. The first-order valence-corrected chi connectivity index (χ1v) is 5.47. The van der Waals surface area contributed by atoms with E-state index in [1.54, 1.807) is 6.07 Å². The highest BCUT2D eigenvalue weighted by molar-refractivity contribution is 5.77. The molecule has 2 rings (SSSR count). The van der Waals surface area contributed by atoms with E-state index in [9.17, 15) is 9.59 Å². The number of carboxylic acid groups (broad SMARTS) is 1. The molecule has 0 saturated heterocycles. The minimum Gasteiger partial charge on any atom is -0.481 e. The minimum absolute atomic E-state index is 0.198. The maximum Gasteiger partial charge on any atom is 0.368 e. The molecule has 1 aliphatic rings. The van der Waals surface area contributed by atoms with Crippen LogP contribution in [0.3, 0.4) is 0 Å². The number of carbonyl (C=O) groups excluding carboxylic acids is 1. The van der Waals surface area contributed by atoms with E-state index < -0.39 is 12.0 Å². The van der Waals surface area contributed by atoms with Crippen LogP contribution in [0.5, 0.6) is 0 Å². The van der Waals surface area contributed by atoms with Crippen molar-refractivity contribution in [1.82, 2.24) is 0 Å². The lowest BCUT2D eigenvalue weighted by Crippen LogP contribution is -2.21. The molecule has 0 atom stereocenters. The zero-order valence-corrected chi connectivity index (χ0v) is 9.22. The molecule has 2 amide bonds. The molecule has 0 aromatic heterocycles. The molecule has 17 heavy (non-hydrogen) atoms. The topological polar surface area (TPSA) is 79.1 Å². The second-order valence-electron chi connectivity index (χ2n) is 3.93. The fourth-order valence-electron chi connectivity index (χ4n) is 1.75. The first kappa shape index (κ1) is 11.4. The number of unbranched alkanes of at least 4 members (excludes halogenated alkanes) is 1. The van der Waals surface area contributed by atoms with Gasteiger partial charge < -0.3 is 5.11 Å². The molecule has 0 spiro atoms. The third kappa shape index (κ3) is 2.96. The number of carboxylic acids is 1. The number of carbonyl (C=O) groups is 2. The lowest BCUT2D eigenvalue weighted by Gasteiger charge is -1.99. The molecular formula is C12H12N2O3. The Morgan fingerprint density at radius 3 is 2.71 bits per heavy atom. The van der Waals surface area contributed by atoms with Crippen LogP contribution in [0.4, 0.5) is 4.79 Å². The highest BCUT2D eigenvalue weighted by Gasteiger charge is 2.05. The van der Waals surface area contributed by atoms with Gasteiger partial charge in [0.15, 0.2) is 0 Å². The molecule has 5 heteroatoms. The Morgan fingerprint density at radius 1 is 1.18 bits per heavy atom. The van der Waals surface area contributed by atoms with Gasteiger partial charge in [-0.3, -0.25) is 4.79 Å². The van der Waals surface area contributed by atoms with Gasteiger partial charge in [0.1, 0.15) is 0 Å². The molecule has 1 aromatic carbocycles. The van der Waals surface area contributed by atoms with Gasteiger partial charge in [-0.15, -0.1) is 0 Å². The largest absolute Gasteiger partial charge is 0.481 e. The van der Waals surface area contributed by atoms with E-state index >= 15 is 0 Å². The normalized spacial score (nSPS) is 12.8. The Bertz CT molecular complexity index is 578. The van der Waals surface area contributed by atoms with E-state index in [4.69, 9.17) is 5.11 Å². The van der Waals surface area contributed by atoms with Crippen molar-refractivity contribution in [3.05, 3.63) is 34.5 Å². The van der Waals surface area contributed by atoms with Gasteiger partial charge in [0.05, 0.1) is 10.7 Å². The first-order valence-electron chi connectivity index (χ1n) is 5.47. The van der Waals surface area contributed by atoms with Gasteiger partial charge in [-0.2, -0.15) is 9.98 Å². The smallest absolute Gasteiger partial charge is 0.368 e. The summed E-state index contributed by atoms with van der Waals surface area (Å²) in [6, 6.07) is 5.06. The summed E-state index contributed by atoms with van der Waals surface area (Å²) in [4.78, 5) is 28.8. The van der Waals surface area contributed by atoms with Gasteiger partial charge in [0.2, 0.25) is 0 Å². The summed E-state index contributed by atoms with van der Waals surface area (Å²) in [7, 11) is 0. The van der Waals surface area contributed by atoms with Crippen LogP contribution in [0.1, 0.15) is 24.8 Å². The Hall–Kier alpha value is -2.04. The molecule has 1 aliphatic heterocycles. The summed E-state index contributed by atoms with van der Waals surface area (Å²) in [5.74, 6) is -0.765. The van der Waals surface area contributed by atoms with E-state index in [2.05, 4.69) is 9.98 Å². The molecule has 1 heterocycles. The average molecular weight is 232 g/mol. The molecule has 0 radical (unpaired) electrons. The third-order valence-electron chi connectivity index (χ3n) is 2.58. The van der Waals surface area contributed by atoms with Gasteiger partial charge in [-0.25, -0.2) is 4.79 Å². The van der Waals surface area contributed by atoms with Crippen LogP contribution >= 0.6 is 0 Å². The molecule has 0 saturated carbocycles. The van der Waals surface area contributed by atoms with E-state index in [-0.39, 0.29) is 6.42 Å². The molecule has 0 unspecified atom stereocenters. The number of rotatable bonds is 5. The maximum absolute atomic E-state index is 10.9. The van der Waals surface area contributed by atoms with E-state index in [0.29, 0.717) is 17.1 Å². The number of aliphatic carboxylic acids is 1. The van der Waals surface area contributed by atoms with Crippen molar-refractivity contribution in [2.24, 2.45) is 9.98 Å². The van der Waals surface area contributed by atoms with Crippen molar-refractivity contribution >= 4 is 12.0 Å². The predicted octanol–water partition coefficient (Wildman–Crippen LogP) is 0.857. The number of hydrogen-bond acceptors (Lipinski definition) is 2. The molecule has 5 nitrogen and oxygen atoms in total. The first-order chi connectivity index (χ1) is 8.15. The molecule has 0 aliphatic carbocycles. The van der Waals surface area contributed by atoms with Crippen molar-refractivity contribution in [3.63, 3.8) is 0 Å². The quantitative estimate of drug-likeness (QED) is 0.764. The number of aryl methyl sites for hydroxylation is 1. The molecule has 88 valence electrons. The van der Waals surface area contributed by atoms with Crippen LogP contribution in [0.2, 0.25) is 0 Å². The van der Waals surface area contributed by atoms with Crippen LogP contribution in [-0.4, -0.2) is 17.1 Å². The van der Waals surface area contributed by atoms with Crippen LogP contribution in [-0.2, 0) is 11.2 Å². The number of nitrogens with zero attached hydrogens (tertiary/aromatic N) is 2. The van der Waals surface area contributed by atoms with E-state index in [0.717, 1.165) is 18.4 Å². The number of hydrogen-bond donors (Lipinski definition) is 1. The SMILES string of the molecule is O=C(O)CCCCc1ccc2c(c1)=NC(=O)N=2. The highest BCUT2D eigenvalue weighted by atomic mass is 16.4. The lowest BCUT2D eigenvalue weighted by atomic mass is 10.1. The summed E-state index contributed by atoms with van der Waals surface area (Å²) >= 11 is 0. The minimum atomic E-state index is -0.765. The number of amides is 2. The number of fused-ring (bicyclic) bond motifs is 1. The monoisotopic (exact) mass is 232 g/mol. The number of benzene rings is 1. The Balaban J connectivity index is 1.98. The molecule has 0 fully saturated rings. The van der Waals surface area contributed by atoms with Crippen molar-refractivity contribution in [2.75, 3.05) is 0 Å². The molecule has 1 aromatic rings. The fraction of sp³-hybridized carbons (Fsp3) is 0.333. The standard InChI is InChI=1S/C12H12N2O3/c15-11(16)4-2-1-3-8-5-6-9-10(7-8)14-12(17)13-9/h5-7H,1-4H2,(H,15,16). The van der Waals surface area contributed by atoms with Crippen molar-refractivity contribution < 1.29 is 14.7 Å². The van der Waals surface area contributed by atoms with Crippen LogP contribution in [0, 0.1) is 0 Å². The fourth-order valence-corrected chi connectivity index (χ4v) is 1.75. The Morgan fingerprint density at radius 2 is 1.94 bits per heavy atom. The van der Waals surface area contributed by atoms with Gasteiger partial charge in [0.25, 0.3) is 0 Å². The van der Waals surface area contributed by atoms with Crippen LogP contribution < -0.4 is 10.7 Å². The van der Waals surface area contributed by atoms with Gasteiger partial charge in [0, 0.05) is 6.42 Å². The molecule has 0 bridgehead atoms. The average Bonchev–Trinajstić information content (AvgIpc) is 2.63. The van der Waals surface area contributed by atoms with Crippen LogP contribution in [0.15, 0.2) is 28.2 Å². The van der Waals surface area contributed by atoms with Gasteiger partial charge in [-0.05, 0) is 37.0 Å². The Labute approximate surface area is 97.5 Å². The zero-order valence-electron chi connectivity index (χ0n) is 9.22. The predicted molar refractivity (Wildman–Crippen MR) is 59.3 cm³/mol. The molecular weight excluding hydrogens is 220 g/mol. The Kier molecular flexibility index (Phi) is 3.27. The third-order valence-corrected chi connectivity index (χ3v) is 2.58. The lowest BCUT2D eigenvalue weighted by molar-refractivity contribution is -0.137. The second-order valence-corrected chi connectivity index (χ2v) is 3.93. The summed E-state index contributed by atoms with van der Waals surface area (Å²) < 4.78 is 0. The van der Waals surface area contributed by atoms with Crippen molar-refractivity contribution in [1.29, 1.82) is 0 Å².